The molecule has 0 bridgehead atoms. The lowest BCUT2D eigenvalue weighted by Gasteiger charge is -2.18. The molecule has 0 aliphatic rings. The third kappa shape index (κ3) is 5.03. The Morgan fingerprint density at radius 3 is 2.69 bits per heavy atom. The normalized spacial score (nSPS) is 12.7. The van der Waals surface area contributed by atoms with E-state index in [0.29, 0.717) is 11.1 Å². The smallest absolute Gasteiger partial charge is 0.257 e. The molecule has 0 unspecified atom stereocenters. The minimum Gasteiger partial charge on any atom is -0.431 e. The zero-order valence-electron chi connectivity index (χ0n) is 16.9. The monoisotopic (exact) mass is 490 g/mol. The van der Waals surface area contributed by atoms with E-state index < -0.39 is 15.9 Å². The summed E-state index contributed by atoms with van der Waals surface area (Å²) in [7, 11) is -3.35. The first-order valence-electron chi connectivity index (χ1n) is 9.70. The molecule has 6 nitrogen and oxygen atoms in total. The average molecular weight is 491 g/mol. The Kier molecular flexibility index (Phi) is 6.63. The van der Waals surface area contributed by atoms with Gasteiger partial charge in [0, 0.05) is 4.88 Å². The number of hydrogen-bond donors (Lipinski definition) is 1. The minimum atomic E-state index is -3.35. The van der Waals surface area contributed by atoms with Crippen LogP contribution in [0.1, 0.15) is 23.4 Å². The predicted molar refractivity (Wildman–Crippen MR) is 123 cm³/mol. The van der Waals surface area contributed by atoms with Crippen molar-refractivity contribution >= 4 is 49.9 Å². The second-order valence-corrected chi connectivity index (χ2v) is 11.1. The van der Waals surface area contributed by atoms with Gasteiger partial charge in [0.15, 0.2) is 15.4 Å². The van der Waals surface area contributed by atoms with Gasteiger partial charge >= 0.3 is 0 Å². The number of aromatic nitrogens is 1. The maximum absolute atomic E-state index is 13.3. The average Bonchev–Trinajstić information content (AvgIpc) is 3.46. The molecule has 4 rings (SSSR count). The van der Waals surface area contributed by atoms with Gasteiger partial charge in [-0.25, -0.2) is 17.8 Å². The fraction of sp³-hybridized carbons (Fsp3) is 0.182. The highest BCUT2D eigenvalue weighted by Crippen LogP contribution is 2.28. The van der Waals surface area contributed by atoms with Crippen molar-refractivity contribution in [1.82, 2.24) is 10.3 Å². The first-order valence-corrected chi connectivity index (χ1v) is 13.2. The quantitative estimate of drug-likeness (QED) is 0.356. The van der Waals surface area contributed by atoms with E-state index in [2.05, 4.69) is 10.3 Å². The summed E-state index contributed by atoms with van der Waals surface area (Å²) < 4.78 is 43.1. The fourth-order valence-electron chi connectivity index (χ4n) is 3.07. The summed E-state index contributed by atoms with van der Waals surface area (Å²) in [4.78, 5) is 18.1. The third-order valence-corrected chi connectivity index (χ3v) is 8.24. The second kappa shape index (κ2) is 9.43. The molecule has 1 N–H and O–H groups in total. The molecule has 0 radical (unpaired) electrons. The van der Waals surface area contributed by atoms with Crippen LogP contribution in [0.25, 0.3) is 11.1 Å². The van der Waals surface area contributed by atoms with Gasteiger partial charge in [-0.2, -0.15) is 0 Å². The first-order chi connectivity index (χ1) is 15.4. The third-order valence-electron chi connectivity index (χ3n) is 4.74. The molecule has 32 heavy (non-hydrogen) atoms. The van der Waals surface area contributed by atoms with E-state index in [4.69, 9.17) is 4.42 Å². The van der Waals surface area contributed by atoms with Gasteiger partial charge in [0.25, 0.3) is 5.22 Å². The summed E-state index contributed by atoms with van der Waals surface area (Å²) in [5.41, 5.74) is 1.65. The van der Waals surface area contributed by atoms with Crippen molar-refractivity contribution in [3.05, 3.63) is 76.2 Å². The van der Waals surface area contributed by atoms with E-state index in [1.54, 1.807) is 25.1 Å². The van der Waals surface area contributed by atoms with Crippen molar-refractivity contribution in [2.45, 2.75) is 23.1 Å². The molecule has 0 aliphatic carbocycles. The number of carbonyl (C=O) groups is 1. The number of nitrogens with zero attached hydrogens (tertiary/aromatic N) is 1. The summed E-state index contributed by atoms with van der Waals surface area (Å²) >= 11 is 2.61. The van der Waals surface area contributed by atoms with Crippen LogP contribution < -0.4 is 5.32 Å². The van der Waals surface area contributed by atoms with Crippen molar-refractivity contribution in [2.24, 2.45) is 0 Å². The molecule has 0 saturated heterocycles. The molecular weight excluding hydrogens is 471 g/mol. The number of oxazole rings is 1. The number of halogens is 1. The highest BCUT2D eigenvalue weighted by Gasteiger charge is 2.19. The van der Waals surface area contributed by atoms with Crippen molar-refractivity contribution in [3.8, 4) is 0 Å². The summed E-state index contributed by atoms with van der Waals surface area (Å²) in [6.45, 7) is 1.58. The van der Waals surface area contributed by atoms with E-state index in [1.807, 2.05) is 17.5 Å². The van der Waals surface area contributed by atoms with E-state index in [1.165, 1.54) is 35.6 Å². The van der Waals surface area contributed by atoms with Crippen LogP contribution in [-0.4, -0.2) is 30.8 Å². The topological polar surface area (TPSA) is 89.3 Å². The van der Waals surface area contributed by atoms with E-state index in [9.17, 15) is 17.6 Å². The molecule has 0 saturated carbocycles. The lowest BCUT2D eigenvalue weighted by molar-refractivity contribution is -0.119. The van der Waals surface area contributed by atoms with Gasteiger partial charge in [-0.3, -0.25) is 4.79 Å². The Balaban J connectivity index is 1.46. The summed E-state index contributed by atoms with van der Waals surface area (Å²) in [6.07, 6.45) is 0. The van der Waals surface area contributed by atoms with E-state index in [-0.39, 0.29) is 33.3 Å². The maximum Gasteiger partial charge on any atom is 0.257 e. The Hall–Kier alpha value is -2.69. The van der Waals surface area contributed by atoms with Gasteiger partial charge in [-0.1, -0.05) is 36.9 Å². The van der Waals surface area contributed by atoms with Crippen LogP contribution in [0, 0.1) is 5.82 Å². The molecule has 0 aliphatic heterocycles. The lowest BCUT2D eigenvalue weighted by Crippen LogP contribution is -2.30. The zero-order chi connectivity index (χ0) is 22.7. The molecule has 10 heteroatoms. The predicted octanol–water partition coefficient (Wildman–Crippen LogP) is 4.82. The number of nitrogens with one attached hydrogen (secondary N) is 1. The van der Waals surface area contributed by atoms with Crippen LogP contribution in [0.5, 0.6) is 0 Å². The molecule has 4 aromatic rings. The molecule has 166 valence electrons. The number of sulfone groups is 1. The summed E-state index contributed by atoms with van der Waals surface area (Å²) in [5, 5.41) is 5.16. The van der Waals surface area contributed by atoms with Gasteiger partial charge < -0.3 is 9.73 Å². The lowest BCUT2D eigenvalue weighted by atomic mass is 10.1. The Morgan fingerprint density at radius 2 is 2.00 bits per heavy atom. The van der Waals surface area contributed by atoms with Crippen LogP contribution in [0.3, 0.4) is 0 Å². The maximum atomic E-state index is 13.3. The molecule has 2 aromatic heterocycles. The van der Waals surface area contributed by atoms with Crippen molar-refractivity contribution in [2.75, 3.05) is 11.5 Å². The number of rotatable bonds is 8. The van der Waals surface area contributed by atoms with Crippen LogP contribution in [0.15, 0.2) is 74.5 Å². The summed E-state index contributed by atoms with van der Waals surface area (Å²) in [6, 6.07) is 14.0. The van der Waals surface area contributed by atoms with Gasteiger partial charge in [0.1, 0.15) is 11.3 Å². The molecular formula is C22H19FN2O4S3. The molecule has 2 heterocycles. The number of carbonyl (C=O) groups excluding carboxylic acids is 1. The van der Waals surface area contributed by atoms with Crippen molar-refractivity contribution < 1.29 is 22.0 Å². The van der Waals surface area contributed by atoms with Crippen molar-refractivity contribution in [3.63, 3.8) is 0 Å². The summed E-state index contributed by atoms with van der Waals surface area (Å²) in [5.74, 6) is -0.534. The Bertz CT molecular complexity index is 1330. The van der Waals surface area contributed by atoms with Gasteiger partial charge in [-0.05, 0) is 47.3 Å². The van der Waals surface area contributed by atoms with Crippen LogP contribution >= 0.6 is 23.1 Å². The second-order valence-electron chi connectivity index (χ2n) is 6.87. The number of hydrogen-bond acceptors (Lipinski definition) is 7. The molecule has 0 spiro atoms. The molecule has 1 atom stereocenters. The molecule has 0 fully saturated rings. The molecule has 1 amide bonds. The zero-order valence-corrected chi connectivity index (χ0v) is 19.4. The van der Waals surface area contributed by atoms with E-state index in [0.717, 1.165) is 22.2 Å². The highest BCUT2D eigenvalue weighted by molar-refractivity contribution is 7.99. The highest BCUT2D eigenvalue weighted by atomic mass is 32.2. The van der Waals surface area contributed by atoms with Crippen LogP contribution in [0.4, 0.5) is 4.39 Å². The minimum absolute atomic E-state index is 0.00238. The number of fused-ring (bicyclic) bond motifs is 1. The standard InChI is InChI=1S/C22H19FN2O4S3/c1-2-32(27,28)16-9-10-18-17(12-16)24-22(29-18)31-13-20(26)25-21(19-4-3-11-30-19)14-5-7-15(23)8-6-14/h3-12,21H,2,13H2,1H3,(H,25,26)/t21-/m0/s1. The fourth-order valence-corrected chi connectivity index (χ4v) is 5.42. The van der Waals surface area contributed by atoms with Gasteiger partial charge in [0.2, 0.25) is 5.91 Å². The van der Waals surface area contributed by atoms with Crippen molar-refractivity contribution in [1.29, 1.82) is 0 Å². The van der Waals surface area contributed by atoms with Gasteiger partial charge in [0.05, 0.1) is 22.4 Å². The largest absolute Gasteiger partial charge is 0.431 e. The van der Waals surface area contributed by atoms with Crippen LogP contribution in [-0.2, 0) is 14.6 Å². The number of amides is 1. The number of benzene rings is 2. The SMILES string of the molecule is CCS(=O)(=O)c1ccc2oc(SCC(=O)N[C@@H](c3ccc(F)cc3)c3cccs3)nc2c1. The van der Waals surface area contributed by atoms with E-state index >= 15 is 0 Å². The number of thioether (sulfide) groups is 1. The molecule has 2 aromatic carbocycles. The first kappa shape index (κ1) is 22.5. The van der Waals surface area contributed by atoms with Gasteiger partial charge in [-0.15, -0.1) is 11.3 Å². The van der Waals surface area contributed by atoms with Crippen LogP contribution in [0.2, 0.25) is 0 Å². The Labute approximate surface area is 192 Å². The Morgan fingerprint density at radius 1 is 1.22 bits per heavy atom. The number of thiophene rings is 1.